The van der Waals surface area contributed by atoms with Crippen LogP contribution in [-0.2, 0) is 11.3 Å². The first kappa shape index (κ1) is 19.3. The van der Waals surface area contributed by atoms with E-state index in [1.165, 1.54) is 11.1 Å². The number of halogens is 1. The average molecular weight is 480 g/mol. The molecule has 0 aliphatic carbocycles. The summed E-state index contributed by atoms with van der Waals surface area (Å²) >= 11 is 3.72. The summed E-state index contributed by atoms with van der Waals surface area (Å²) < 4.78 is 9.67. The van der Waals surface area contributed by atoms with Gasteiger partial charge in [0.25, 0.3) is 5.91 Å². The molecule has 4 nitrogen and oxygen atoms in total. The van der Waals surface area contributed by atoms with Crippen molar-refractivity contribution in [2.45, 2.75) is 27.3 Å². The number of ether oxygens (including phenoxy) is 1. The van der Waals surface area contributed by atoms with Gasteiger partial charge in [-0.3, -0.25) is 4.79 Å². The topological polar surface area (TPSA) is 43.6 Å². The molecule has 0 saturated heterocycles. The van der Waals surface area contributed by atoms with Crippen LogP contribution in [0.5, 0.6) is 0 Å². The van der Waals surface area contributed by atoms with E-state index in [0.717, 1.165) is 13.8 Å². The van der Waals surface area contributed by atoms with Gasteiger partial charge >= 0.3 is 0 Å². The number of carbonyl (C=O) groups is 1. The number of aryl methyl sites for hydroxylation is 2. The molecule has 0 aliphatic heterocycles. The highest BCUT2D eigenvalue weighted by Crippen LogP contribution is 2.22. The molecule has 0 spiro atoms. The van der Waals surface area contributed by atoms with Crippen molar-refractivity contribution in [3.8, 4) is 0 Å². The normalized spacial score (nSPS) is 12.1. The Morgan fingerprint density at radius 3 is 2.69 bits per heavy atom. The number of rotatable bonds is 5. The summed E-state index contributed by atoms with van der Waals surface area (Å²) in [4.78, 5) is 17.9. The van der Waals surface area contributed by atoms with Crippen LogP contribution in [0.3, 0.4) is 0 Å². The van der Waals surface area contributed by atoms with E-state index >= 15 is 0 Å². The molecule has 1 heterocycles. The van der Waals surface area contributed by atoms with Crippen molar-refractivity contribution in [1.29, 1.82) is 0 Å². The van der Waals surface area contributed by atoms with E-state index in [0.29, 0.717) is 30.1 Å². The fourth-order valence-electron chi connectivity index (χ4n) is 2.70. The van der Waals surface area contributed by atoms with Crippen molar-refractivity contribution < 1.29 is 9.53 Å². The van der Waals surface area contributed by atoms with Crippen LogP contribution in [0.25, 0.3) is 10.2 Å². The average Bonchev–Trinajstić information content (AvgIpc) is 2.92. The van der Waals surface area contributed by atoms with Gasteiger partial charge in [-0.05, 0) is 78.8 Å². The van der Waals surface area contributed by atoms with Gasteiger partial charge in [0.15, 0.2) is 4.80 Å². The molecule has 0 bridgehead atoms. The van der Waals surface area contributed by atoms with Gasteiger partial charge < -0.3 is 9.30 Å². The van der Waals surface area contributed by atoms with Gasteiger partial charge in [-0.25, -0.2) is 0 Å². The van der Waals surface area contributed by atoms with Gasteiger partial charge in [-0.15, -0.1) is 0 Å². The minimum Gasteiger partial charge on any atom is -0.380 e. The van der Waals surface area contributed by atoms with Crippen molar-refractivity contribution in [1.82, 2.24) is 4.57 Å². The number of carbonyl (C=O) groups excluding carboxylic acids is 1. The fraction of sp³-hybridized carbons (Fsp3) is 0.300. The van der Waals surface area contributed by atoms with E-state index < -0.39 is 0 Å². The second-order valence-corrected chi connectivity index (χ2v) is 8.21. The summed E-state index contributed by atoms with van der Waals surface area (Å²) in [6.45, 7) is 8.14. The van der Waals surface area contributed by atoms with Crippen LogP contribution in [-0.4, -0.2) is 23.7 Å². The lowest BCUT2D eigenvalue weighted by molar-refractivity contribution is 0.0996. The molecule has 6 heteroatoms. The molecule has 0 atom stereocenters. The third-order valence-electron chi connectivity index (χ3n) is 4.26. The number of hydrogen-bond donors (Lipinski definition) is 0. The van der Waals surface area contributed by atoms with Crippen LogP contribution in [0.15, 0.2) is 41.4 Å². The summed E-state index contributed by atoms with van der Waals surface area (Å²) in [5.41, 5.74) is 4.21. The summed E-state index contributed by atoms with van der Waals surface area (Å²) in [5, 5.41) is 0. The number of hydrogen-bond acceptors (Lipinski definition) is 3. The Labute approximate surface area is 170 Å². The van der Waals surface area contributed by atoms with Gasteiger partial charge in [-0.2, -0.15) is 4.99 Å². The zero-order chi connectivity index (χ0) is 18.7. The molecular weight excluding hydrogens is 459 g/mol. The number of nitrogens with zero attached hydrogens (tertiary/aromatic N) is 2. The summed E-state index contributed by atoms with van der Waals surface area (Å²) in [5.74, 6) is -0.208. The molecule has 0 saturated carbocycles. The molecule has 0 fully saturated rings. The van der Waals surface area contributed by atoms with Crippen LogP contribution < -0.4 is 4.80 Å². The number of fused-ring (bicyclic) bond motifs is 1. The van der Waals surface area contributed by atoms with Gasteiger partial charge in [0.1, 0.15) is 0 Å². The standard InChI is InChI=1S/C20H21IN2O2S/c1-4-25-10-9-23-17-11-13(2)14(3)12-18(17)26-20(23)22-19(24)15-7-5-6-8-16(15)21/h5-8,11-12H,4,9-10H2,1-3H3. The van der Waals surface area contributed by atoms with Crippen LogP contribution in [0.2, 0.25) is 0 Å². The van der Waals surface area contributed by atoms with Crippen molar-refractivity contribution in [2.75, 3.05) is 13.2 Å². The molecule has 0 aliphatic rings. The highest BCUT2D eigenvalue weighted by Gasteiger charge is 2.12. The number of aromatic nitrogens is 1. The van der Waals surface area contributed by atoms with E-state index in [9.17, 15) is 4.79 Å². The predicted octanol–water partition coefficient (Wildman–Crippen LogP) is 4.70. The van der Waals surface area contributed by atoms with E-state index in [2.05, 4.69) is 58.1 Å². The SMILES string of the molecule is CCOCCn1c(=NC(=O)c2ccccc2I)sc2cc(C)c(C)cc21. The van der Waals surface area contributed by atoms with Crippen LogP contribution in [0.1, 0.15) is 28.4 Å². The third-order valence-corrected chi connectivity index (χ3v) is 6.24. The Balaban J connectivity index is 2.12. The first-order valence-corrected chi connectivity index (χ1v) is 10.4. The number of amides is 1. The summed E-state index contributed by atoms with van der Waals surface area (Å²) in [6, 6.07) is 11.9. The van der Waals surface area contributed by atoms with Gasteiger partial charge in [-0.1, -0.05) is 23.5 Å². The molecule has 3 aromatic rings. The largest absolute Gasteiger partial charge is 0.380 e. The van der Waals surface area contributed by atoms with Crippen LogP contribution in [0, 0.1) is 17.4 Å². The molecule has 26 heavy (non-hydrogen) atoms. The molecule has 3 rings (SSSR count). The maximum absolute atomic E-state index is 12.7. The predicted molar refractivity (Wildman–Crippen MR) is 115 cm³/mol. The Bertz CT molecular complexity index is 1020. The van der Waals surface area contributed by atoms with E-state index in [1.54, 1.807) is 11.3 Å². The lowest BCUT2D eigenvalue weighted by Crippen LogP contribution is -2.20. The van der Waals surface area contributed by atoms with Gasteiger partial charge in [0, 0.05) is 16.7 Å². The first-order valence-electron chi connectivity index (χ1n) is 8.53. The molecule has 0 unspecified atom stereocenters. The summed E-state index contributed by atoms with van der Waals surface area (Å²) in [7, 11) is 0. The van der Waals surface area contributed by atoms with E-state index in [4.69, 9.17) is 4.74 Å². The zero-order valence-electron chi connectivity index (χ0n) is 15.1. The smallest absolute Gasteiger partial charge is 0.280 e. The van der Waals surface area contributed by atoms with Crippen molar-refractivity contribution in [3.05, 3.63) is 61.5 Å². The lowest BCUT2D eigenvalue weighted by Gasteiger charge is -2.07. The highest BCUT2D eigenvalue weighted by atomic mass is 127. The Hall–Kier alpha value is -1.51. The summed E-state index contributed by atoms with van der Waals surface area (Å²) in [6.07, 6.45) is 0. The van der Waals surface area contributed by atoms with Gasteiger partial charge in [0.2, 0.25) is 0 Å². The van der Waals surface area contributed by atoms with Crippen molar-refractivity contribution in [2.24, 2.45) is 4.99 Å². The zero-order valence-corrected chi connectivity index (χ0v) is 18.1. The Kier molecular flexibility index (Phi) is 6.26. The number of benzene rings is 2. The third kappa shape index (κ3) is 4.07. The van der Waals surface area contributed by atoms with Gasteiger partial charge in [0.05, 0.1) is 22.4 Å². The quantitative estimate of drug-likeness (QED) is 0.393. The second kappa shape index (κ2) is 8.45. The second-order valence-electron chi connectivity index (χ2n) is 6.03. The molecule has 136 valence electrons. The van der Waals surface area contributed by atoms with Crippen LogP contribution in [0.4, 0.5) is 0 Å². The molecule has 2 aromatic carbocycles. The highest BCUT2D eigenvalue weighted by molar-refractivity contribution is 14.1. The molecule has 1 amide bonds. The molecular formula is C20H21IN2O2S. The monoisotopic (exact) mass is 480 g/mol. The number of thiazole rings is 1. The maximum atomic E-state index is 12.7. The Morgan fingerprint density at radius 2 is 1.96 bits per heavy atom. The van der Waals surface area contributed by atoms with E-state index in [-0.39, 0.29) is 5.91 Å². The molecule has 0 N–H and O–H groups in total. The minimum atomic E-state index is -0.208. The lowest BCUT2D eigenvalue weighted by atomic mass is 10.1. The maximum Gasteiger partial charge on any atom is 0.280 e. The van der Waals surface area contributed by atoms with Crippen molar-refractivity contribution >= 4 is 50.1 Å². The van der Waals surface area contributed by atoms with Crippen LogP contribution >= 0.6 is 33.9 Å². The molecule has 0 radical (unpaired) electrons. The van der Waals surface area contributed by atoms with E-state index in [1.807, 2.05) is 31.2 Å². The first-order chi connectivity index (χ1) is 12.5. The fourth-order valence-corrected chi connectivity index (χ4v) is 4.46. The molecule has 1 aromatic heterocycles. The minimum absolute atomic E-state index is 0.208. The Morgan fingerprint density at radius 1 is 1.23 bits per heavy atom. The van der Waals surface area contributed by atoms with Crippen molar-refractivity contribution in [3.63, 3.8) is 0 Å².